The molecule has 2 fully saturated rings. The summed E-state index contributed by atoms with van der Waals surface area (Å²) < 4.78 is 6.83. The standard InChI is InChI=1S/C16H20BrNO2/c1-11(16(19)12-5-7-13(17)8-6-12)18-9-10-20-15-4-2-3-14(15)18/h5-8,11,14-15H,2-4,9-10H2,1H3. The third-order valence-corrected chi connectivity index (χ3v) is 5.06. The van der Waals surface area contributed by atoms with Crippen LogP contribution in [0.4, 0.5) is 0 Å². The van der Waals surface area contributed by atoms with Gasteiger partial charge in [-0.15, -0.1) is 0 Å². The second-order valence-electron chi connectivity index (χ2n) is 5.69. The summed E-state index contributed by atoms with van der Waals surface area (Å²) in [6.07, 6.45) is 3.84. The second kappa shape index (κ2) is 5.96. The molecule has 3 unspecified atom stereocenters. The highest BCUT2D eigenvalue weighted by Crippen LogP contribution is 2.31. The molecule has 1 saturated heterocycles. The molecule has 1 aliphatic heterocycles. The zero-order chi connectivity index (χ0) is 14.1. The number of fused-ring (bicyclic) bond motifs is 1. The third kappa shape index (κ3) is 2.69. The van der Waals surface area contributed by atoms with Crippen LogP contribution in [-0.2, 0) is 4.74 Å². The molecule has 108 valence electrons. The van der Waals surface area contributed by atoms with Gasteiger partial charge in [-0.2, -0.15) is 0 Å². The van der Waals surface area contributed by atoms with Gasteiger partial charge < -0.3 is 4.74 Å². The van der Waals surface area contributed by atoms with Crippen LogP contribution < -0.4 is 0 Å². The summed E-state index contributed by atoms with van der Waals surface area (Å²) >= 11 is 3.41. The van der Waals surface area contributed by atoms with Gasteiger partial charge in [0.25, 0.3) is 0 Å². The Hall–Kier alpha value is -0.710. The Kier molecular flexibility index (Phi) is 4.24. The molecule has 20 heavy (non-hydrogen) atoms. The van der Waals surface area contributed by atoms with Crippen molar-refractivity contribution in [3.8, 4) is 0 Å². The van der Waals surface area contributed by atoms with Crippen LogP contribution in [0.2, 0.25) is 0 Å². The first-order valence-electron chi connectivity index (χ1n) is 7.34. The number of benzene rings is 1. The molecule has 1 aromatic carbocycles. The topological polar surface area (TPSA) is 29.5 Å². The number of carbonyl (C=O) groups is 1. The zero-order valence-corrected chi connectivity index (χ0v) is 13.3. The molecule has 0 aromatic heterocycles. The molecule has 1 aliphatic carbocycles. The Morgan fingerprint density at radius 1 is 1.35 bits per heavy atom. The van der Waals surface area contributed by atoms with Crippen molar-refractivity contribution in [2.24, 2.45) is 0 Å². The molecule has 3 rings (SSSR count). The zero-order valence-electron chi connectivity index (χ0n) is 11.7. The summed E-state index contributed by atoms with van der Waals surface area (Å²) in [4.78, 5) is 15.0. The van der Waals surface area contributed by atoms with E-state index in [1.54, 1.807) is 0 Å². The molecule has 1 saturated carbocycles. The fraction of sp³-hybridized carbons (Fsp3) is 0.562. The summed E-state index contributed by atoms with van der Waals surface area (Å²) in [5.41, 5.74) is 0.793. The number of hydrogen-bond donors (Lipinski definition) is 0. The Bertz CT molecular complexity index is 488. The average molecular weight is 338 g/mol. The van der Waals surface area contributed by atoms with Crippen molar-refractivity contribution in [2.75, 3.05) is 13.2 Å². The average Bonchev–Trinajstić information content (AvgIpc) is 2.95. The van der Waals surface area contributed by atoms with E-state index in [1.165, 1.54) is 6.42 Å². The molecular formula is C16H20BrNO2. The molecule has 1 aromatic rings. The van der Waals surface area contributed by atoms with Crippen molar-refractivity contribution >= 4 is 21.7 Å². The molecule has 3 atom stereocenters. The Morgan fingerprint density at radius 2 is 2.10 bits per heavy atom. The van der Waals surface area contributed by atoms with Crippen LogP contribution >= 0.6 is 15.9 Å². The van der Waals surface area contributed by atoms with Crippen LogP contribution in [-0.4, -0.2) is 42.0 Å². The molecule has 0 spiro atoms. The summed E-state index contributed by atoms with van der Waals surface area (Å²) in [6.45, 7) is 3.65. The van der Waals surface area contributed by atoms with Gasteiger partial charge in [-0.05, 0) is 38.3 Å². The van der Waals surface area contributed by atoms with Crippen molar-refractivity contribution in [3.05, 3.63) is 34.3 Å². The number of ketones is 1. The predicted octanol–water partition coefficient (Wildman–Crippen LogP) is 3.27. The normalized spacial score (nSPS) is 28.1. The number of Topliss-reactive ketones (excluding diaryl/α,β-unsaturated/α-hetero) is 1. The van der Waals surface area contributed by atoms with Gasteiger partial charge in [0.15, 0.2) is 5.78 Å². The molecule has 0 radical (unpaired) electrons. The van der Waals surface area contributed by atoms with Crippen molar-refractivity contribution in [1.82, 2.24) is 4.90 Å². The largest absolute Gasteiger partial charge is 0.375 e. The van der Waals surface area contributed by atoms with Crippen molar-refractivity contribution < 1.29 is 9.53 Å². The number of halogens is 1. The SMILES string of the molecule is CC(C(=O)c1ccc(Br)cc1)N1CCOC2CCCC21. The molecule has 0 N–H and O–H groups in total. The van der Waals surface area contributed by atoms with Gasteiger partial charge in [-0.3, -0.25) is 9.69 Å². The van der Waals surface area contributed by atoms with E-state index in [4.69, 9.17) is 4.74 Å². The van der Waals surface area contributed by atoms with E-state index in [1.807, 2.05) is 31.2 Å². The summed E-state index contributed by atoms with van der Waals surface area (Å²) in [6, 6.07) is 8.02. The predicted molar refractivity (Wildman–Crippen MR) is 82.0 cm³/mol. The van der Waals surface area contributed by atoms with Crippen molar-refractivity contribution in [1.29, 1.82) is 0 Å². The van der Waals surface area contributed by atoms with E-state index >= 15 is 0 Å². The molecule has 1 heterocycles. The van der Waals surface area contributed by atoms with Gasteiger partial charge >= 0.3 is 0 Å². The van der Waals surface area contributed by atoms with Crippen LogP contribution in [0.15, 0.2) is 28.7 Å². The highest BCUT2D eigenvalue weighted by Gasteiger charge is 2.39. The van der Waals surface area contributed by atoms with Gasteiger partial charge in [0.2, 0.25) is 0 Å². The van der Waals surface area contributed by atoms with Gasteiger partial charge in [-0.25, -0.2) is 0 Å². The number of morpholine rings is 1. The molecule has 4 heteroatoms. The van der Waals surface area contributed by atoms with E-state index in [-0.39, 0.29) is 11.8 Å². The minimum atomic E-state index is -0.0642. The molecule has 3 nitrogen and oxygen atoms in total. The first-order valence-corrected chi connectivity index (χ1v) is 8.13. The van der Waals surface area contributed by atoms with Gasteiger partial charge in [0, 0.05) is 22.6 Å². The van der Waals surface area contributed by atoms with E-state index in [9.17, 15) is 4.79 Å². The lowest BCUT2D eigenvalue weighted by Gasteiger charge is -2.40. The van der Waals surface area contributed by atoms with E-state index < -0.39 is 0 Å². The van der Waals surface area contributed by atoms with Gasteiger partial charge in [-0.1, -0.05) is 28.1 Å². The highest BCUT2D eigenvalue weighted by molar-refractivity contribution is 9.10. The van der Waals surface area contributed by atoms with E-state index in [0.29, 0.717) is 12.1 Å². The van der Waals surface area contributed by atoms with Crippen LogP contribution in [0.25, 0.3) is 0 Å². The van der Waals surface area contributed by atoms with Crippen molar-refractivity contribution in [3.63, 3.8) is 0 Å². The van der Waals surface area contributed by atoms with Crippen molar-refractivity contribution in [2.45, 2.75) is 44.4 Å². The maximum absolute atomic E-state index is 12.6. The Balaban J connectivity index is 1.75. The van der Waals surface area contributed by atoms with Crippen LogP contribution in [0.3, 0.4) is 0 Å². The lowest BCUT2D eigenvalue weighted by molar-refractivity contribution is -0.0643. The lowest BCUT2D eigenvalue weighted by Crippen LogP contribution is -2.54. The number of nitrogens with zero attached hydrogens (tertiary/aromatic N) is 1. The fourth-order valence-electron chi connectivity index (χ4n) is 3.44. The number of ether oxygens (including phenoxy) is 1. The molecular weight excluding hydrogens is 318 g/mol. The summed E-state index contributed by atoms with van der Waals surface area (Å²) in [7, 11) is 0. The number of carbonyl (C=O) groups excluding carboxylic acids is 1. The quantitative estimate of drug-likeness (QED) is 0.793. The van der Waals surface area contributed by atoms with Gasteiger partial charge in [0.1, 0.15) is 0 Å². The van der Waals surface area contributed by atoms with E-state index in [0.717, 1.165) is 36.0 Å². The Morgan fingerprint density at radius 3 is 2.85 bits per heavy atom. The number of rotatable bonds is 3. The maximum Gasteiger partial charge on any atom is 0.179 e. The van der Waals surface area contributed by atoms with Crippen LogP contribution in [0.5, 0.6) is 0 Å². The first kappa shape index (κ1) is 14.2. The molecule has 2 aliphatic rings. The molecule has 0 amide bonds. The monoisotopic (exact) mass is 337 g/mol. The number of hydrogen-bond acceptors (Lipinski definition) is 3. The van der Waals surface area contributed by atoms with Gasteiger partial charge in [0.05, 0.1) is 18.8 Å². The van der Waals surface area contributed by atoms with E-state index in [2.05, 4.69) is 20.8 Å². The Labute approximate surface area is 128 Å². The molecule has 0 bridgehead atoms. The smallest absolute Gasteiger partial charge is 0.179 e. The second-order valence-corrected chi connectivity index (χ2v) is 6.61. The first-order chi connectivity index (χ1) is 9.66. The lowest BCUT2D eigenvalue weighted by atomic mass is 10.0. The summed E-state index contributed by atoms with van der Waals surface area (Å²) in [5.74, 6) is 0.213. The van der Waals surface area contributed by atoms with Crippen LogP contribution in [0, 0.1) is 0 Å². The minimum Gasteiger partial charge on any atom is -0.375 e. The summed E-state index contributed by atoms with van der Waals surface area (Å²) in [5, 5.41) is 0. The fourth-order valence-corrected chi connectivity index (χ4v) is 3.71. The highest BCUT2D eigenvalue weighted by atomic mass is 79.9. The maximum atomic E-state index is 12.6. The van der Waals surface area contributed by atoms with Crippen LogP contribution in [0.1, 0.15) is 36.5 Å². The third-order valence-electron chi connectivity index (χ3n) is 4.53. The minimum absolute atomic E-state index is 0.0642.